The molecule has 2 aromatic carbocycles. The van der Waals surface area contributed by atoms with Crippen molar-refractivity contribution in [2.45, 2.75) is 25.5 Å². The van der Waals surface area contributed by atoms with Gasteiger partial charge in [0.1, 0.15) is 5.75 Å². The third-order valence-corrected chi connectivity index (χ3v) is 3.04. The summed E-state index contributed by atoms with van der Waals surface area (Å²) in [7, 11) is 0. The Hall–Kier alpha value is -2.33. The van der Waals surface area contributed by atoms with E-state index in [1.165, 1.54) is 0 Å². The number of nitrogens with two attached hydrogens (primary N) is 1. The largest absolute Gasteiger partial charge is 0.491 e. The molecule has 21 heavy (non-hydrogen) atoms. The molecule has 2 atom stereocenters. The van der Waals surface area contributed by atoms with Crippen molar-refractivity contribution in [3.8, 4) is 5.75 Å². The van der Waals surface area contributed by atoms with Gasteiger partial charge in [-0.15, -0.1) is 0 Å². The van der Waals surface area contributed by atoms with Crippen LogP contribution in [0.3, 0.4) is 0 Å². The third-order valence-electron chi connectivity index (χ3n) is 3.04. The minimum Gasteiger partial charge on any atom is -0.491 e. The second-order valence-corrected chi connectivity index (χ2v) is 4.94. The van der Waals surface area contributed by atoms with Crippen LogP contribution in [-0.4, -0.2) is 18.1 Å². The summed E-state index contributed by atoms with van der Waals surface area (Å²) in [6.45, 7) is 1.91. The van der Waals surface area contributed by atoms with Crippen molar-refractivity contribution in [1.82, 2.24) is 0 Å². The molecular formula is C17H20N2O2. The van der Waals surface area contributed by atoms with E-state index < -0.39 is 6.04 Å². The van der Waals surface area contributed by atoms with Gasteiger partial charge in [-0.2, -0.15) is 0 Å². The molecule has 0 fully saturated rings. The number of carbonyl (C=O) groups excluding carboxylic acids is 1. The summed E-state index contributed by atoms with van der Waals surface area (Å²) in [5.74, 6) is 0.574. The van der Waals surface area contributed by atoms with Gasteiger partial charge >= 0.3 is 0 Å². The van der Waals surface area contributed by atoms with Crippen molar-refractivity contribution in [1.29, 1.82) is 0 Å². The maximum absolute atomic E-state index is 12.0. The lowest BCUT2D eigenvalue weighted by molar-refractivity contribution is -0.117. The van der Waals surface area contributed by atoms with E-state index in [4.69, 9.17) is 10.5 Å². The summed E-state index contributed by atoms with van der Waals surface area (Å²) in [5, 5.41) is 2.79. The number of rotatable bonds is 6. The molecule has 3 N–H and O–H groups in total. The van der Waals surface area contributed by atoms with E-state index >= 15 is 0 Å². The second-order valence-electron chi connectivity index (χ2n) is 4.94. The van der Waals surface area contributed by atoms with E-state index in [2.05, 4.69) is 5.32 Å². The molecular weight excluding hydrogens is 264 g/mol. The molecule has 0 bridgehead atoms. The Kier molecular flexibility index (Phi) is 5.35. The van der Waals surface area contributed by atoms with Gasteiger partial charge in [0, 0.05) is 12.1 Å². The van der Waals surface area contributed by atoms with Gasteiger partial charge in [-0.3, -0.25) is 4.79 Å². The highest BCUT2D eigenvalue weighted by Gasteiger charge is 2.18. The lowest BCUT2D eigenvalue weighted by atomic mass is 10.1. The molecule has 0 radical (unpaired) electrons. The van der Waals surface area contributed by atoms with Gasteiger partial charge < -0.3 is 15.8 Å². The molecule has 0 aliphatic heterocycles. The normalized spacial score (nSPS) is 13.2. The summed E-state index contributed by atoms with van der Waals surface area (Å²) >= 11 is 0. The first-order valence-electron chi connectivity index (χ1n) is 6.98. The fourth-order valence-corrected chi connectivity index (χ4v) is 2.00. The van der Waals surface area contributed by atoms with Gasteiger partial charge in [0.2, 0.25) is 5.91 Å². The summed E-state index contributed by atoms with van der Waals surface area (Å²) in [6.07, 6.45) is 0.317. The molecule has 110 valence electrons. The maximum atomic E-state index is 12.0. The lowest BCUT2D eigenvalue weighted by Crippen LogP contribution is -2.39. The van der Waals surface area contributed by atoms with E-state index in [0.29, 0.717) is 6.42 Å². The van der Waals surface area contributed by atoms with E-state index in [1.807, 2.05) is 67.6 Å². The average molecular weight is 284 g/mol. The quantitative estimate of drug-likeness (QED) is 0.857. The van der Waals surface area contributed by atoms with Crippen molar-refractivity contribution < 1.29 is 9.53 Å². The summed E-state index contributed by atoms with van der Waals surface area (Å²) in [5.41, 5.74) is 6.67. The van der Waals surface area contributed by atoms with Gasteiger partial charge in [-0.1, -0.05) is 36.4 Å². The monoisotopic (exact) mass is 284 g/mol. The van der Waals surface area contributed by atoms with Crippen LogP contribution in [-0.2, 0) is 4.79 Å². The number of hydrogen-bond donors (Lipinski definition) is 2. The van der Waals surface area contributed by atoms with Crippen molar-refractivity contribution in [2.24, 2.45) is 5.73 Å². The first kappa shape index (κ1) is 15.1. The molecule has 0 aromatic heterocycles. The molecule has 1 amide bonds. The molecule has 2 unspecified atom stereocenters. The Morgan fingerprint density at radius 1 is 1.10 bits per heavy atom. The number of para-hydroxylation sites is 2. The molecule has 0 heterocycles. The number of benzene rings is 2. The SMILES string of the molecule is CC(CC(N)C(=O)Nc1ccccc1)Oc1ccccc1. The number of hydrogen-bond acceptors (Lipinski definition) is 3. The van der Waals surface area contributed by atoms with Crippen LogP contribution in [0.25, 0.3) is 0 Å². The molecule has 0 aliphatic rings. The van der Waals surface area contributed by atoms with E-state index in [1.54, 1.807) is 0 Å². The van der Waals surface area contributed by atoms with Crippen LogP contribution < -0.4 is 15.8 Å². The van der Waals surface area contributed by atoms with Crippen LogP contribution in [0, 0.1) is 0 Å². The molecule has 4 heteroatoms. The van der Waals surface area contributed by atoms with Gasteiger partial charge in [0.05, 0.1) is 12.1 Å². The van der Waals surface area contributed by atoms with E-state index in [9.17, 15) is 4.79 Å². The van der Waals surface area contributed by atoms with Crippen LogP contribution in [0.2, 0.25) is 0 Å². The van der Waals surface area contributed by atoms with E-state index in [0.717, 1.165) is 11.4 Å². The smallest absolute Gasteiger partial charge is 0.241 e. The van der Waals surface area contributed by atoms with Crippen LogP contribution in [0.1, 0.15) is 13.3 Å². The van der Waals surface area contributed by atoms with Crippen LogP contribution >= 0.6 is 0 Å². The predicted octanol–water partition coefficient (Wildman–Crippen LogP) is 2.81. The minimum absolute atomic E-state index is 0.135. The van der Waals surface area contributed by atoms with Gasteiger partial charge in [-0.25, -0.2) is 0 Å². The molecule has 0 spiro atoms. The Morgan fingerprint density at radius 3 is 2.29 bits per heavy atom. The first-order chi connectivity index (χ1) is 10.1. The van der Waals surface area contributed by atoms with Crippen LogP contribution in [0.5, 0.6) is 5.75 Å². The van der Waals surface area contributed by atoms with E-state index in [-0.39, 0.29) is 12.0 Å². The van der Waals surface area contributed by atoms with Crippen LogP contribution in [0.4, 0.5) is 5.69 Å². The van der Waals surface area contributed by atoms with Crippen molar-refractivity contribution >= 4 is 11.6 Å². The molecule has 0 saturated carbocycles. The number of carbonyl (C=O) groups is 1. The fourth-order valence-electron chi connectivity index (χ4n) is 2.00. The van der Waals surface area contributed by atoms with Gasteiger partial charge in [0.15, 0.2) is 0 Å². The predicted molar refractivity (Wildman–Crippen MR) is 84.2 cm³/mol. The molecule has 2 rings (SSSR count). The number of amides is 1. The Labute approximate surface area is 124 Å². The summed E-state index contributed by atoms with van der Waals surface area (Å²) in [6, 6.07) is 18.2. The summed E-state index contributed by atoms with van der Waals surface area (Å²) in [4.78, 5) is 12.0. The van der Waals surface area contributed by atoms with Gasteiger partial charge in [-0.05, 0) is 31.2 Å². The Morgan fingerprint density at radius 2 is 1.67 bits per heavy atom. The highest BCUT2D eigenvalue weighted by atomic mass is 16.5. The highest BCUT2D eigenvalue weighted by Crippen LogP contribution is 2.13. The highest BCUT2D eigenvalue weighted by molar-refractivity contribution is 5.94. The van der Waals surface area contributed by atoms with Crippen molar-refractivity contribution in [3.05, 3.63) is 60.7 Å². The number of ether oxygens (including phenoxy) is 1. The number of anilines is 1. The zero-order valence-electron chi connectivity index (χ0n) is 12.0. The van der Waals surface area contributed by atoms with Crippen LogP contribution in [0.15, 0.2) is 60.7 Å². The zero-order chi connectivity index (χ0) is 15.1. The Balaban J connectivity index is 1.83. The van der Waals surface area contributed by atoms with Gasteiger partial charge in [0.25, 0.3) is 0 Å². The lowest BCUT2D eigenvalue weighted by Gasteiger charge is -2.18. The second kappa shape index (κ2) is 7.45. The van der Waals surface area contributed by atoms with Crippen molar-refractivity contribution in [2.75, 3.05) is 5.32 Å². The standard InChI is InChI=1S/C17H20N2O2/c1-13(21-15-10-6-3-7-11-15)12-16(18)17(20)19-14-8-4-2-5-9-14/h2-11,13,16H,12,18H2,1H3,(H,19,20). The molecule has 4 nitrogen and oxygen atoms in total. The topological polar surface area (TPSA) is 64.4 Å². The maximum Gasteiger partial charge on any atom is 0.241 e. The third kappa shape index (κ3) is 4.93. The molecule has 0 aliphatic carbocycles. The average Bonchev–Trinajstić information content (AvgIpc) is 2.49. The minimum atomic E-state index is -0.607. The first-order valence-corrected chi connectivity index (χ1v) is 6.98. The summed E-state index contributed by atoms with van der Waals surface area (Å²) < 4.78 is 5.73. The van der Waals surface area contributed by atoms with Crippen molar-refractivity contribution in [3.63, 3.8) is 0 Å². The molecule has 0 saturated heterocycles. The Bertz CT molecular complexity index is 558. The fraction of sp³-hybridized carbons (Fsp3) is 0.235. The number of nitrogens with one attached hydrogen (secondary N) is 1. The molecule has 2 aromatic rings. The zero-order valence-corrected chi connectivity index (χ0v) is 12.0.